The van der Waals surface area contributed by atoms with Crippen molar-refractivity contribution in [3.63, 3.8) is 0 Å². The Kier molecular flexibility index (Phi) is 30.4. The minimum absolute atomic E-state index is 0.0154. The molecule has 4 aliphatic carbocycles. The molecule has 0 aromatic rings. The second kappa shape index (κ2) is 37.5. The van der Waals surface area contributed by atoms with Crippen LogP contribution in [0.1, 0.15) is 182 Å². The van der Waals surface area contributed by atoms with Crippen molar-refractivity contribution in [2.75, 3.05) is 101 Å². The van der Waals surface area contributed by atoms with Gasteiger partial charge in [0.25, 0.3) is 0 Å². The van der Waals surface area contributed by atoms with Crippen molar-refractivity contribution in [3.05, 3.63) is 0 Å². The zero-order valence-corrected chi connectivity index (χ0v) is 63.5. The van der Waals surface area contributed by atoms with Crippen LogP contribution in [0, 0.1) is 53.8 Å². The van der Waals surface area contributed by atoms with Crippen molar-refractivity contribution >= 4 is 82.5 Å². The molecule has 7 aliphatic rings. The number of carbonyl (C=O) groups excluding carboxylic acids is 12. The number of likely N-dealkylation sites (N-methyl/N-ethyl adjacent to an activating group) is 6. The normalized spacial score (nSPS) is 30.6. The maximum absolute atomic E-state index is 15.7. The van der Waals surface area contributed by atoms with Gasteiger partial charge >= 0.3 is 6.18 Å². The van der Waals surface area contributed by atoms with Crippen molar-refractivity contribution in [2.24, 2.45) is 41.4 Å². The maximum Gasteiger partial charge on any atom is 0.393 e. The summed E-state index contributed by atoms with van der Waals surface area (Å²) in [7, 11) is 8.47. The molecule has 11 atom stereocenters. The Morgan fingerprint density at radius 2 is 1.29 bits per heavy atom. The molecule has 12 amide bonds. The molecule has 0 aromatic heterocycles. The summed E-state index contributed by atoms with van der Waals surface area (Å²) in [6, 6.07) is -8.87. The van der Waals surface area contributed by atoms with E-state index < -0.39 is 174 Å². The van der Waals surface area contributed by atoms with E-state index in [1.165, 1.54) is 71.7 Å². The van der Waals surface area contributed by atoms with E-state index in [0.29, 0.717) is 44.4 Å². The van der Waals surface area contributed by atoms with Gasteiger partial charge < -0.3 is 64.8 Å². The summed E-state index contributed by atoms with van der Waals surface area (Å²) >= 11 is 6.42. The third-order valence-corrected chi connectivity index (χ3v) is 23.9. The first kappa shape index (κ1) is 83.5. The first-order valence-corrected chi connectivity index (χ1v) is 38.1. The van der Waals surface area contributed by atoms with E-state index in [2.05, 4.69) is 28.8 Å². The number of amides is 12. The standard InChI is InChI=1S/C74H116ClF3N12O13/c1-13-33-89-58(41-50-25-23-47(5)24-26-50)68(98)83(8)43-59(91)79-54(30-28-49-27-29-52(53(75)40-49)74(76,77)78)67(97)90-34-19-22-55(90)66(96)81-73(31-17-18-32-73)72(102)87(12)64(51-20-15-16-21-51)71(101)86(11)57(69(99)88-35-37-103-38-36-88)42-60(92)85(10)56(39-46(3)4)65(95)80-63(48(6)14-2)70(100)84(9)44-61(93)82(7)45-62(89)94/h1,46-58,63-64H,14-45H2,2-12H3,(H,79,91)(H,80,95)(H,81,96)/t47?,48-,49?,50?,52?,53?,54-,55-,56-,57-,58-,63-,64-/m0/s1. The number of carbonyl (C=O) groups is 12. The van der Waals surface area contributed by atoms with Gasteiger partial charge in [0.1, 0.15) is 47.8 Å². The largest absolute Gasteiger partial charge is 0.393 e. The van der Waals surface area contributed by atoms with Crippen LogP contribution in [0.3, 0.4) is 0 Å². The molecule has 7 fully saturated rings. The summed E-state index contributed by atoms with van der Waals surface area (Å²) < 4.78 is 47.8. The number of ether oxygens (including phenoxy) is 1. The molecule has 3 N–H and O–H groups in total. The zero-order valence-electron chi connectivity index (χ0n) is 62.7. The molecule has 3 unspecified atom stereocenters. The molecule has 578 valence electrons. The fourth-order valence-electron chi connectivity index (χ4n) is 16.7. The fourth-order valence-corrected chi connectivity index (χ4v) is 17.2. The monoisotopic (exact) mass is 1470 g/mol. The summed E-state index contributed by atoms with van der Waals surface area (Å²) in [5, 5.41) is 7.58. The first-order chi connectivity index (χ1) is 48.6. The average molecular weight is 1470 g/mol. The van der Waals surface area contributed by atoms with Gasteiger partial charge in [-0.25, -0.2) is 0 Å². The van der Waals surface area contributed by atoms with Crippen molar-refractivity contribution in [1.82, 2.24) is 60.0 Å². The Morgan fingerprint density at radius 3 is 1.89 bits per heavy atom. The van der Waals surface area contributed by atoms with Gasteiger partial charge in [0.2, 0.25) is 70.9 Å². The summed E-state index contributed by atoms with van der Waals surface area (Å²) in [6.07, 6.45) is 9.02. The van der Waals surface area contributed by atoms with Crippen LogP contribution in [0.2, 0.25) is 0 Å². The Bertz CT molecular complexity index is 3060. The lowest BCUT2D eigenvalue weighted by molar-refractivity contribution is -0.182. The van der Waals surface area contributed by atoms with Gasteiger partial charge in [0.05, 0.1) is 51.7 Å². The summed E-state index contributed by atoms with van der Waals surface area (Å²) in [5.74, 6) is -8.33. The predicted molar refractivity (Wildman–Crippen MR) is 379 cm³/mol. The Balaban J connectivity index is 1.29. The third-order valence-electron chi connectivity index (χ3n) is 23.4. The molecular weight excluding hydrogens is 1360 g/mol. The van der Waals surface area contributed by atoms with Crippen LogP contribution >= 0.6 is 11.6 Å². The van der Waals surface area contributed by atoms with Crippen molar-refractivity contribution in [1.29, 1.82) is 0 Å². The average Bonchev–Trinajstić information content (AvgIpc) is 1.75. The van der Waals surface area contributed by atoms with Crippen LogP contribution in [0.4, 0.5) is 13.2 Å². The fraction of sp³-hybridized carbons (Fsp3) is 0.811. The van der Waals surface area contributed by atoms with Crippen LogP contribution in [0.5, 0.6) is 0 Å². The molecule has 0 radical (unpaired) electrons. The van der Waals surface area contributed by atoms with Gasteiger partial charge in [-0.05, 0) is 119 Å². The van der Waals surface area contributed by atoms with Gasteiger partial charge in [0.15, 0.2) is 0 Å². The summed E-state index contributed by atoms with van der Waals surface area (Å²) in [4.78, 5) is 192. The Hall–Kier alpha value is -6.76. The quantitative estimate of drug-likeness (QED) is 0.168. The molecule has 29 heteroatoms. The molecule has 103 heavy (non-hydrogen) atoms. The van der Waals surface area contributed by atoms with Gasteiger partial charge in [-0.2, -0.15) is 13.2 Å². The molecule has 3 heterocycles. The third kappa shape index (κ3) is 21.3. The number of alkyl halides is 4. The molecule has 1 spiro atoms. The maximum atomic E-state index is 15.7. The zero-order chi connectivity index (χ0) is 75.9. The highest BCUT2D eigenvalue weighted by atomic mass is 35.5. The number of terminal acetylenes is 1. The van der Waals surface area contributed by atoms with Crippen LogP contribution in [-0.2, 0) is 62.3 Å². The van der Waals surface area contributed by atoms with Crippen molar-refractivity contribution < 1.29 is 75.4 Å². The summed E-state index contributed by atoms with van der Waals surface area (Å²) in [6.45, 7) is 7.99. The number of halogens is 4. The van der Waals surface area contributed by atoms with E-state index >= 15 is 33.6 Å². The molecule has 0 bridgehead atoms. The Labute approximate surface area is 612 Å². The molecular formula is C74H116ClF3N12O13. The van der Waals surface area contributed by atoms with Gasteiger partial charge in [-0.1, -0.05) is 98.3 Å². The molecule has 3 saturated heterocycles. The van der Waals surface area contributed by atoms with Crippen LogP contribution in [0.25, 0.3) is 0 Å². The number of morpholine rings is 1. The molecule has 25 nitrogen and oxygen atoms in total. The van der Waals surface area contributed by atoms with Gasteiger partial charge in [-0.15, -0.1) is 18.0 Å². The van der Waals surface area contributed by atoms with Crippen LogP contribution in [-0.4, -0.2) is 276 Å². The number of hydrogen-bond donors (Lipinski definition) is 3. The van der Waals surface area contributed by atoms with Crippen LogP contribution in [0.15, 0.2) is 0 Å². The van der Waals surface area contributed by atoms with E-state index in [9.17, 15) is 37.1 Å². The molecule has 7 rings (SSSR count). The summed E-state index contributed by atoms with van der Waals surface area (Å²) in [5.41, 5.74) is -1.57. The molecule has 3 aliphatic heterocycles. The lowest BCUT2D eigenvalue weighted by atomic mass is 9.78. The first-order valence-electron chi connectivity index (χ1n) is 37.7. The van der Waals surface area contributed by atoms with E-state index in [-0.39, 0.29) is 121 Å². The second-order valence-electron chi connectivity index (χ2n) is 31.3. The topological polar surface area (TPSA) is 279 Å². The smallest absolute Gasteiger partial charge is 0.378 e. The van der Waals surface area contributed by atoms with Crippen molar-refractivity contribution in [3.8, 4) is 12.3 Å². The number of fused-ring (bicyclic) bond motifs is 1. The highest BCUT2D eigenvalue weighted by molar-refractivity contribution is 6.21. The lowest BCUT2D eigenvalue weighted by Gasteiger charge is -2.42. The SMILES string of the molecule is C#CCN1C(=O)CN(C)C(=O)CN(C)C(=O)[C@H]([C@@H](C)CC)NC(=O)[C@H](CC(C)C)N(C)C(=O)C[C@@H](C(=O)N2CCOCC2)N(C)C(=O)[C@H](C2CCCC2)N(C)C(=O)C2(CCCC2)NC(=O)[C@@H]2CCCN2C(=O)[C@H](CCC2CCC(C(F)(F)F)C(Cl)C2)NC(=O)CN(C)C(=O)[C@@H]1CC1CCC(C)CC1. The van der Waals surface area contributed by atoms with Crippen molar-refractivity contribution in [2.45, 2.75) is 242 Å². The number of nitrogens with one attached hydrogen (secondary N) is 3. The Morgan fingerprint density at radius 1 is 0.670 bits per heavy atom. The highest BCUT2D eigenvalue weighted by Gasteiger charge is 2.52. The minimum atomic E-state index is -4.52. The van der Waals surface area contributed by atoms with Crippen LogP contribution < -0.4 is 16.0 Å². The second-order valence-corrected chi connectivity index (χ2v) is 31.8. The molecule has 0 aromatic carbocycles. The van der Waals surface area contributed by atoms with E-state index in [4.69, 9.17) is 22.8 Å². The molecule has 4 saturated carbocycles. The lowest BCUT2D eigenvalue weighted by Crippen LogP contribution is -2.65. The van der Waals surface area contributed by atoms with E-state index in [1.54, 1.807) is 6.92 Å². The number of nitrogens with zero attached hydrogens (tertiary/aromatic N) is 9. The number of rotatable bonds is 12. The number of hydrogen-bond acceptors (Lipinski definition) is 13. The minimum Gasteiger partial charge on any atom is -0.378 e. The van der Waals surface area contributed by atoms with Gasteiger partial charge in [0, 0.05) is 67.3 Å². The van der Waals surface area contributed by atoms with E-state index in [0.717, 1.165) is 53.2 Å². The predicted octanol–water partition coefficient (Wildman–Crippen LogP) is 5.19. The highest BCUT2D eigenvalue weighted by Crippen LogP contribution is 2.44. The van der Waals surface area contributed by atoms with Gasteiger partial charge in [-0.3, -0.25) is 57.5 Å². The van der Waals surface area contributed by atoms with E-state index in [1.807, 2.05) is 20.8 Å².